The lowest BCUT2D eigenvalue weighted by atomic mass is 10.3. The van der Waals surface area contributed by atoms with Crippen molar-refractivity contribution in [2.45, 2.75) is 19.3 Å². The minimum absolute atomic E-state index is 0.184. The van der Waals surface area contributed by atoms with Gasteiger partial charge in [0.2, 0.25) is 5.91 Å². The molecule has 0 atom stereocenters. The molecule has 0 aromatic carbocycles. The summed E-state index contributed by atoms with van der Waals surface area (Å²) in [5.74, 6) is 0.130. The topological polar surface area (TPSA) is 58.2 Å². The molecule has 0 bridgehead atoms. The summed E-state index contributed by atoms with van der Waals surface area (Å²) in [5, 5.41) is 4.69. The standard InChI is InChI=1S/C8H13ClN2O2/c9-5-7(12)11-8(13)10-4-3-6-1-2-6/h6H,1-5H2,(H2,10,11,12,13). The Morgan fingerprint density at radius 1 is 1.38 bits per heavy atom. The molecule has 1 rings (SSSR count). The molecule has 0 unspecified atom stereocenters. The predicted octanol–water partition coefficient (Wildman–Crippen LogP) is 0.851. The van der Waals surface area contributed by atoms with E-state index in [-0.39, 0.29) is 5.88 Å². The molecular formula is C8H13ClN2O2. The first-order chi connectivity index (χ1) is 6.22. The summed E-state index contributed by atoms with van der Waals surface area (Å²) in [6.45, 7) is 0.631. The first kappa shape index (κ1) is 10.3. The summed E-state index contributed by atoms with van der Waals surface area (Å²) < 4.78 is 0. The minimum Gasteiger partial charge on any atom is -0.338 e. The van der Waals surface area contributed by atoms with E-state index in [1.54, 1.807) is 0 Å². The Labute approximate surface area is 82.0 Å². The summed E-state index contributed by atoms with van der Waals surface area (Å²) in [7, 11) is 0. The third kappa shape index (κ3) is 4.72. The highest BCUT2D eigenvalue weighted by molar-refractivity contribution is 6.28. The van der Waals surface area contributed by atoms with Crippen LogP contribution in [-0.2, 0) is 4.79 Å². The molecule has 0 aromatic heterocycles. The number of rotatable bonds is 4. The number of halogens is 1. The molecular weight excluding hydrogens is 192 g/mol. The van der Waals surface area contributed by atoms with E-state index in [9.17, 15) is 9.59 Å². The summed E-state index contributed by atoms with van der Waals surface area (Å²) in [4.78, 5) is 21.5. The lowest BCUT2D eigenvalue weighted by Gasteiger charge is -2.03. The Morgan fingerprint density at radius 2 is 2.08 bits per heavy atom. The number of alkyl halides is 1. The van der Waals surface area contributed by atoms with Crippen LogP contribution in [0.3, 0.4) is 0 Å². The normalized spacial score (nSPS) is 15.2. The van der Waals surface area contributed by atoms with Gasteiger partial charge in [-0.3, -0.25) is 10.1 Å². The van der Waals surface area contributed by atoms with Crippen molar-refractivity contribution in [3.05, 3.63) is 0 Å². The van der Waals surface area contributed by atoms with Crippen LogP contribution in [0, 0.1) is 5.92 Å². The van der Waals surface area contributed by atoms with Gasteiger partial charge in [0.05, 0.1) is 0 Å². The van der Waals surface area contributed by atoms with E-state index in [1.807, 2.05) is 0 Å². The number of hydrogen-bond acceptors (Lipinski definition) is 2. The Bertz CT molecular complexity index is 204. The van der Waals surface area contributed by atoms with Gasteiger partial charge in [-0.05, 0) is 12.3 Å². The molecule has 0 saturated heterocycles. The molecule has 74 valence electrons. The largest absolute Gasteiger partial charge is 0.338 e. The number of carbonyl (C=O) groups is 2. The lowest BCUT2D eigenvalue weighted by Crippen LogP contribution is -2.40. The Morgan fingerprint density at radius 3 is 2.62 bits per heavy atom. The second-order valence-electron chi connectivity index (χ2n) is 3.17. The van der Waals surface area contributed by atoms with Crippen molar-refractivity contribution in [3.8, 4) is 0 Å². The van der Waals surface area contributed by atoms with E-state index in [0.717, 1.165) is 12.3 Å². The summed E-state index contributed by atoms with van der Waals surface area (Å²) >= 11 is 5.20. The molecule has 3 amide bonds. The monoisotopic (exact) mass is 204 g/mol. The van der Waals surface area contributed by atoms with Crippen LogP contribution in [0.25, 0.3) is 0 Å². The van der Waals surface area contributed by atoms with Gasteiger partial charge < -0.3 is 5.32 Å². The number of hydrogen-bond donors (Lipinski definition) is 2. The zero-order chi connectivity index (χ0) is 9.68. The summed E-state index contributed by atoms with van der Waals surface area (Å²) in [6, 6.07) is -0.452. The molecule has 0 aliphatic heterocycles. The third-order valence-electron chi connectivity index (χ3n) is 1.91. The Hall–Kier alpha value is -0.770. The van der Waals surface area contributed by atoms with Crippen LogP contribution in [0.2, 0.25) is 0 Å². The SMILES string of the molecule is O=C(CCl)NC(=O)NCCC1CC1. The van der Waals surface area contributed by atoms with Crippen LogP contribution in [0.5, 0.6) is 0 Å². The molecule has 0 heterocycles. The zero-order valence-electron chi connectivity index (χ0n) is 7.31. The van der Waals surface area contributed by atoms with Crippen molar-refractivity contribution in [1.82, 2.24) is 10.6 Å². The van der Waals surface area contributed by atoms with Crippen LogP contribution in [0.15, 0.2) is 0 Å². The molecule has 1 aliphatic rings. The first-order valence-electron chi connectivity index (χ1n) is 4.36. The number of amides is 3. The van der Waals surface area contributed by atoms with Crippen LogP contribution in [0.4, 0.5) is 4.79 Å². The minimum atomic E-state index is -0.467. The van der Waals surface area contributed by atoms with Gasteiger partial charge in [0, 0.05) is 6.54 Å². The maximum Gasteiger partial charge on any atom is 0.321 e. The van der Waals surface area contributed by atoms with Gasteiger partial charge >= 0.3 is 6.03 Å². The Kier molecular flexibility index (Phi) is 4.02. The average Bonchev–Trinajstić information content (AvgIpc) is 2.88. The van der Waals surface area contributed by atoms with Crippen molar-refractivity contribution in [3.63, 3.8) is 0 Å². The number of nitrogens with one attached hydrogen (secondary N) is 2. The smallest absolute Gasteiger partial charge is 0.321 e. The molecule has 1 fully saturated rings. The van der Waals surface area contributed by atoms with E-state index in [1.165, 1.54) is 12.8 Å². The van der Waals surface area contributed by atoms with Gasteiger partial charge in [-0.15, -0.1) is 11.6 Å². The molecule has 1 saturated carbocycles. The van der Waals surface area contributed by atoms with Crippen molar-refractivity contribution in [2.75, 3.05) is 12.4 Å². The van der Waals surface area contributed by atoms with E-state index in [2.05, 4.69) is 10.6 Å². The average molecular weight is 205 g/mol. The van der Waals surface area contributed by atoms with Crippen LogP contribution < -0.4 is 10.6 Å². The van der Waals surface area contributed by atoms with Gasteiger partial charge in [-0.1, -0.05) is 12.8 Å². The number of imide groups is 1. The third-order valence-corrected chi connectivity index (χ3v) is 2.15. The van der Waals surface area contributed by atoms with Crippen LogP contribution in [0.1, 0.15) is 19.3 Å². The van der Waals surface area contributed by atoms with E-state index in [4.69, 9.17) is 11.6 Å². The van der Waals surface area contributed by atoms with Gasteiger partial charge in [0.25, 0.3) is 0 Å². The summed E-state index contributed by atoms with van der Waals surface area (Å²) in [6.07, 6.45) is 3.54. The molecule has 4 nitrogen and oxygen atoms in total. The first-order valence-corrected chi connectivity index (χ1v) is 4.89. The highest BCUT2D eigenvalue weighted by Crippen LogP contribution is 2.31. The van der Waals surface area contributed by atoms with Crippen molar-refractivity contribution >= 4 is 23.5 Å². The maximum atomic E-state index is 10.9. The predicted molar refractivity (Wildman–Crippen MR) is 49.6 cm³/mol. The molecule has 5 heteroatoms. The van der Waals surface area contributed by atoms with E-state index >= 15 is 0 Å². The highest BCUT2D eigenvalue weighted by atomic mass is 35.5. The molecule has 0 radical (unpaired) electrons. The summed E-state index contributed by atoms with van der Waals surface area (Å²) in [5.41, 5.74) is 0. The number of carbonyl (C=O) groups excluding carboxylic acids is 2. The molecule has 1 aliphatic carbocycles. The van der Waals surface area contributed by atoms with Crippen molar-refractivity contribution in [1.29, 1.82) is 0 Å². The maximum absolute atomic E-state index is 10.9. The fourth-order valence-electron chi connectivity index (χ4n) is 1.00. The highest BCUT2D eigenvalue weighted by Gasteiger charge is 2.20. The number of urea groups is 1. The van der Waals surface area contributed by atoms with Gasteiger partial charge in [0.15, 0.2) is 0 Å². The molecule has 2 N–H and O–H groups in total. The van der Waals surface area contributed by atoms with Crippen molar-refractivity contribution < 1.29 is 9.59 Å². The van der Waals surface area contributed by atoms with E-state index in [0.29, 0.717) is 6.54 Å². The van der Waals surface area contributed by atoms with Crippen LogP contribution in [-0.4, -0.2) is 24.4 Å². The van der Waals surface area contributed by atoms with E-state index < -0.39 is 11.9 Å². The van der Waals surface area contributed by atoms with Gasteiger partial charge in [-0.2, -0.15) is 0 Å². The van der Waals surface area contributed by atoms with Gasteiger partial charge in [-0.25, -0.2) is 4.79 Å². The quantitative estimate of drug-likeness (QED) is 0.668. The zero-order valence-corrected chi connectivity index (χ0v) is 8.06. The fraction of sp³-hybridized carbons (Fsp3) is 0.750. The second-order valence-corrected chi connectivity index (χ2v) is 3.44. The molecule has 0 aromatic rings. The second kappa shape index (κ2) is 5.07. The van der Waals surface area contributed by atoms with Crippen LogP contribution >= 0.6 is 11.6 Å². The van der Waals surface area contributed by atoms with Gasteiger partial charge in [0.1, 0.15) is 5.88 Å². The molecule has 0 spiro atoms. The Balaban J connectivity index is 1.99. The fourth-order valence-corrected chi connectivity index (χ4v) is 1.07. The molecule has 13 heavy (non-hydrogen) atoms. The lowest BCUT2D eigenvalue weighted by molar-refractivity contribution is -0.117. The van der Waals surface area contributed by atoms with Crippen molar-refractivity contribution in [2.24, 2.45) is 5.92 Å².